The number of nitrogens with zero attached hydrogens (tertiary/aromatic N) is 2. The Morgan fingerprint density at radius 2 is 2.39 bits per heavy atom. The van der Waals surface area contributed by atoms with Crippen LogP contribution in [-0.2, 0) is 11.3 Å². The van der Waals surface area contributed by atoms with Gasteiger partial charge in [-0.1, -0.05) is 6.07 Å². The second-order valence-corrected chi connectivity index (χ2v) is 4.60. The number of carbonyl (C=O) groups is 1. The number of hydrogen-bond acceptors (Lipinski definition) is 4. The van der Waals surface area contributed by atoms with Gasteiger partial charge in [0.1, 0.15) is 5.69 Å². The molecule has 1 aromatic rings. The average molecular weight is 249 g/mol. The summed E-state index contributed by atoms with van der Waals surface area (Å²) in [6, 6.07) is 3.69. The Morgan fingerprint density at radius 1 is 1.61 bits per heavy atom. The van der Waals surface area contributed by atoms with E-state index in [2.05, 4.69) is 4.98 Å². The minimum absolute atomic E-state index is 0.0686. The van der Waals surface area contributed by atoms with Crippen molar-refractivity contribution >= 4 is 5.91 Å². The normalized spacial score (nSPS) is 23.1. The van der Waals surface area contributed by atoms with Gasteiger partial charge in [-0.3, -0.25) is 9.78 Å². The van der Waals surface area contributed by atoms with Gasteiger partial charge < -0.3 is 15.4 Å². The molecule has 1 amide bonds. The number of nitrogens with two attached hydrogens (primary N) is 1. The van der Waals surface area contributed by atoms with Gasteiger partial charge in [-0.15, -0.1) is 0 Å². The molecule has 0 bridgehead atoms. The molecule has 0 aromatic carbocycles. The van der Waals surface area contributed by atoms with Crippen LogP contribution in [0.25, 0.3) is 0 Å². The van der Waals surface area contributed by atoms with E-state index >= 15 is 0 Å². The standard InChI is InChI=1S/C13H19N3O2/c1-9-12(5-6-18-9)16(2)13(17)11-4-3-10(7-14)8-15-11/h3-4,8-9,12H,5-7,14H2,1-2H3. The molecule has 2 heterocycles. The second kappa shape index (κ2) is 5.46. The third-order valence-electron chi connectivity index (χ3n) is 3.43. The molecule has 1 saturated heterocycles. The van der Waals surface area contributed by atoms with Crippen molar-refractivity contribution in [1.29, 1.82) is 0 Å². The van der Waals surface area contributed by atoms with Crippen molar-refractivity contribution in [2.75, 3.05) is 13.7 Å². The van der Waals surface area contributed by atoms with Crippen LogP contribution >= 0.6 is 0 Å². The van der Waals surface area contributed by atoms with Gasteiger partial charge in [0.2, 0.25) is 0 Å². The van der Waals surface area contributed by atoms with Crippen molar-refractivity contribution in [1.82, 2.24) is 9.88 Å². The van der Waals surface area contributed by atoms with Gasteiger partial charge in [0, 0.05) is 26.4 Å². The zero-order valence-electron chi connectivity index (χ0n) is 10.8. The highest BCUT2D eigenvalue weighted by Gasteiger charge is 2.31. The number of likely N-dealkylation sites (N-methyl/N-ethyl adjacent to an activating group) is 1. The molecule has 2 unspecified atom stereocenters. The van der Waals surface area contributed by atoms with Gasteiger partial charge in [0.15, 0.2) is 0 Å². The maximum atomic E-state index is 12.3. The molecule has 2 rings (SSSR count). The summed E-state index contributed by atoms with van der Waals surface area (Å²) in [5.41, 5.74) is 6.88. The van der Waals surface area contributed by atoms with E-state index < -0.39 is 0 Å². The summed E-state index contributed by atoms with van der Waals surface area (Å²) < 4.78 is 5.48. The smallest absolute Gasteiger partial charge is 0.272 e. The summed E-state index contributed by atoms with van der Waals surface area (Å²) >= 11 is 0. The van der Waals surface area contributed by atoms with E-state index in [1.165, 1.54) is 0 Å². The Morgan fingerprint density at radius 3 is 2.89 bits per heavy atom. The third kappa shape index (κ3) is 2.52. The average Bonchev–Trinajstić information content (AvgIpc) is 2.83. The van der Waals surface area contributed by atoms with E-state index in [0.29, 0.717) is 18.8 Å². The van der Waals surface area contributed by atoms with Gasteiger partial charge in [-0.2, -0.15) is 0 Å². The summed E-state index contributed by atoms with van der Waals surface area (Å²) in [5.74, 6) is -0.0686. The zero-order chi connectivity index (χ0) is 13.1. The lowest BCUT2D eigenvalue weighted by Crippen LogP contribution is -2.41. The third-order valence-corrected chi connectivity index (χ3v) is 3.43. The van der Waals surface area contributed by atoms with Crippen LogP contribution in [0.3, 0.4) is 0 Å². The summed E-state index contributed by atoms with van der Waals surface area (Å²) in [7, 11) is 1.80. The monoisotopic (exact) mass is 249 g/mol. The molecular weight excluding hydrogens is 230 g/mol. The molecule has 0 spiro atoms. The van der Waals surface area contributed by atoms with Crippen molar-refractivity contribution in [3.8, 4) is 0 Å². The number of amides is 1. The van der Waals surface area contributed by atoms with Gasteiger partial charge in [0.05, 0.1) is 12.1 Å². The summed E-state index contributed by atoms with van der Waals surface area (Å²) in [5, 5.41) is 0. The molecule has 1 aliphatic heterocycles. The molecule has 1 fully saturated rings. The lowest BCUT2D eigenvalue weighted by molar-refractivity contribution is 0.0570. The van der Waals surface area contributed by atoms with Gasteiger partial charge >= 0.3 is 0 Å². The first kappa shape index (κ1) is 13.0. The number of ether oxygens (including phenoxy) is 1. The van der Waals surface area contributed by atoms with Crippen LogP contribution in [0.2, 0.25) is 0 Å². The molecule has 5 heteroatoms. The van der Waals surface area contributed by atoms with Gasteiger partial charge in [-0.25, -0.2) is 0 Å². The minimum Gasteiger partial charge on any atom is -0.376 e. The molecule has 5 nitrogen and oxygen atoms in total. The van der Waals surface area contributed by atoms with Crippen LogP contribution in [0.1, 0.15) is 29.4 Å². The lowest BCUT2D eigenvalue weighted by Gasteiger charge is -2.26. The summed E-state index contributed by atoms with van der Waals surface area (Å²) in [4.78, 5) is 18.1. The summed E-state index contributed by atoms with van der Waals surface area (Å²) in [6.07, 6.45) is 2.61. The molecule has 0 radical (unpaired) electrons. The molecule has 98 valence electrons. The number of aromatic nitrogens is 1. The zero-order valence-corrected chi connectivity index (χ0v) is 10.8. The maximum absolute atomic E-state index is 12.3. The van der Waals surface area contributed by atoms with E-state index in [-0.39, 0.29) is 18.1 Å². The SMILES string of the molecule is CC1OCCC1N(C)C(=O)c1ccc(CN)cn1. The Hall–Kier alpha value is -1.46. The number of rotatable bonds is 3. The molecule has 2 atom stereocenters. The maximum Gasteiger partial charge on any atom is 0.272 e. The van der Waals surface area contributed by atoms with Crippen LogP contribution in [0.5, 0.6) is 0 Å². The first-order valence-corrected chi connectivity index (χ1v) is 6.17. The highest BCUT2D eigenvalue weighted by Crippen LogP contribution is 2.19. The van der Waals surface area contributed by atoms with Crippen molar-refractivity contribution in [2.24, 2.45) is 5.73 Å². The van der Waals surface area contributed by atoms with Crippen molar-refractivity contribution < 1.29 is 9.53 Å². The Balaban J connectivity index is 2.09. The molecule has 1 aromatic heterocycles. The Kier molecular flexibility index (Phi) is 3.93. The fraction of sp³-hybridized carbons (Fsp3) is 0.538. The van der Waals surface area contributed by atoms with Crippen molar-refractivity contribution in [2.45, 2.75) is 32.0 Å². The van der Waals surface area contributed by atoms with E-state index in [0.717, 1.165) is 12.0 Å². The van der Waals surface area contributed by atoms with Crippen LogP contribution < -0.4 is 5.73 Å². The predicted molar refractivity (Wildman–Crippen MR) is 68.0 cm³/mol. The molecule has 18 heavy (non-hydrogen) atoms. The Bertz CT molecular complexity index is 419. The summed E-state index contributed by atoms with van der Waals surface area (Å²) in [6.45, 7) is 3.14. The number of carbonyl (C=O) groups excluding carboxylic acids is 1. The van der Waals surface area contributed by atoms with Crippen molar-refractivity contribution in [3.05, 3.63) is 29.6 Å². The van der Waals surface area contributed by atoms with Gasteiger partial charge in [0.25, 0.3) is 5.91 Å². The quantitative estimate of drug-likeness (QED) is 0.860. The fourth-order valence-corrected chi connectivity index (χ4v) is 2.23. The fourth-order valence-electron chi connectivity index (χ4n) is 2.23. The van der Waals surface area contributed by atoms with Gasteiger partial charge in [-0.05, 0) is 25.0 Å². The topological polar surface area (TPSA) is 68.5 Å². The van der Waals surface area contributed by atoms with Crippen LogP contribution in [0, 0.1) is 0 Å². The van der Waals surface area contributed by atoms with Crippen LogP contribution in [0.4, 0.5) is 0 Å². The van der Waals surface area contributed by atoms with Crippen LogP contribution in [-0.4, -0.2) is 41.6 Å². The first-order chi connectivity index (χ1) is 8.63. The van der Waals surface area contributed by atoms with Crippen LogP contribution in [0.15, 0.2) is 18.3 Å². The molecule has 0 aliphatic carbocycles. The number of pyridine rings is 1. The van der Waals surface area contributed by atoms with Crippen molar-refractivity contribution in [3.63, 3.8) is 0 Å². The molecule has 0 saturated carbocycles. The Labute approximate surface area is 107 Å². The van der Waals surface area contributed by atoms with E-state index in [4.69, 9.17) is 10.5 Å². The van der Waals surface area contributed by atoms with E-state index in [1.54, 1.807) is 24.2 Å². The second-order valence-electron chi connectivity index (χ2n) is 4.60. The van der Waals surface area contributed by atoms with E-state index in [1.807, 2.05) is 13.0 Å². The lowest BCUT2D eigenvalue weighted by atomic mass is 10.1. The molecule has 1 aliphatic rings. The highest BCUT2D eigenvalue weighted by atomic mass is 16.5. The van der Waals surface area contributed by atoms with E-state index in [9.17, 15) is 4.79 Å². The largest absolute Gasteiger partial charge is 0.376 e. The molecular formula is C13H19N3O2. The first-order valence-electron chi connectivity index (χ1n) is 6.17. The number of hydrogen-bond donors (Lipinski definition) is 1. The predicted octanol–water partition coefficient (Wildman–Crippen LogP) is 0.790. The molecule has 2 N–H and O–H groups in total. The highest BCUT2D eigenvalue weighted by molar-refractivity contribution is 5.92. The minimum atomic E-state index is -0.0686.